The Labute approximate surface area is 148 Å². The van der Waals surface area contributed by atoms with E-state index in [1.807, 2.05) is 0 Å². The molecule has 1 atom stereocenters. The average Bonchev–Trinajstić information content (AvgIpc) is 2.60. The summed E-state index contributed by atoms with van der Waals surface area (Å²) in [5, 5.41) is 0. The van der Waals surface area contributed by atoms with Crippen LogP contribution in [0.5, 0.6) is 0 Å². The first-order valence-electron chi connectivity index (χ1n) is 9.11. The van der Waals surface area contributed by atoms with Crippen LogP contribution in [0.3, 0.4) is 0 Å². The fraction of sp³-hybridized carbons (Fsp3) is 0.632. The Morgan fingerprint density at radius 1 is 1.12 bits per heavy atom. The van der Waals surface area contributed by atoms with Gasteiger partial charge in [0.25, 0.3) is 5.91 Å². The minimum atomic E-state index is -0.968. The lowest BCUT2D eigenvalue weighted by atomic mass is 9.94. The molecule has 2 aliphatic rings. The molecule has 0 radical (unpaired) electrons. The summed E-state index contributed by atoms with van der Waals surface area (Å²) in [6, 6.07) is 3.94. The third kappa shape index (κ3) is 4.36. The Hall–Kier alpha value is -1.53. The van der Waals surface area contributed by atoms with Crippen molar-refractivity contribution in [2.75, 3.05) is 46.3 Å². The molecule has 2 aliphatic heterocycles. The van der Waals surface area contributed by atoms with E-state index in [1.54, 1.807) is 4.90 Å². The zero-order valence-electron chi connectivity index (χ0n) is 15.0. The topological polar surface area (TPSA) is 26.8 Å². The minimum Gasteiger partial charge on any atom is -0.339 e. The van der Waals surface area contributed by atoms with Gasteiger partial charge < -0.3 is 9.80 Å². The number of halogens is 2. The molecule has 6 heteroatoms. The van der Waals surface area contributed by atoms with Gasteiger partial charge in [-0.3, -0.25) is 9.69 Å². The highest BCUT2D eigenvalue weighted by molar-refractivity contribution is 5.94. The van der Waals surface area contributed by atoms with Gasteiger partial charge in [-0.15, -0.1) is 0 Å². The molecule has 1 aromatic rings. The number of likely N-dealkylation sites (N-methyl/N-ethyl adjacent to an activating group) is 1. The van der Waals surface area contributed by atoms with E-state index in [4.69, 9.17) is 0 Å². The molecule has 138 valence electrons. The van der Waals surface area contributed by atoms with Crippen LogP contribution in [0, 0.1) is 17.6 Å². The average molecular weight is 351 g/mol. The summed E-state index contributed by atoms with van der Waals surface area (Å²) in [7, 11) is 2.16. The van der Waals surface area contributed by atoms with E-state index in [-0.39, 0.29) is 11.5 Å². The number of rotatable bonds is 3. The maximum absolute atomic E-state index is 13.3. The standard InChI is InChI=1S/C19H27F2N3O/c1-14-12-22(2)9-10-24(14)13-15-5-7-23(8-6-15)19(25)16-3-4-17(20)18(21)11-16/h3-4,11,14-15H,5-10,12-13H2,1-2H3/t14-/m0/s1. The fourth-order valence-electron chi connectivity index (χ4n) is 3.91. The molecule has 0 aromatic heterocycles. The van der Waals surface area contributed by atoms with Gasteiger partial charge in [-0.1, -0.05) is 0 Å². The summed E-state index contributed by atoms with van der Waals surface area (Å²) in [6.45, 7) is 8.05. The second-order valence-electron chi connectivity index (χ2n) is 7.47. The lowest BCUT2D eigenvalue weighted by Gasteiger charge is -2.41. The molecule has 0 N–H and O–H groups in total. The van der Waals surface area contributed by atoms with Crippen LogP contribution < -0.4 is 0 Å². The van der Waals surface area contributed by atoms with Crippen molar-refractivity contribution in [3.8, 4) is 0 Å². The predicted molar refractivity (Wildman–Crippen MR) is 93.5 cm³/mol. The molecular formula is C19H27F2N3O. The van der Waals surface area contributed by atoms with Crippen LogP contribution in [0.25, 0.3) is 0 Å². The maximum atomic E-state index is 13.3. The largest absolute Gasteiger partial charge is 0.339 e. The number of likely N-dealkylation sites (tertiary alicyclic amines) is 1. The van der Waals surface area contributed by atoms with Crippen molar-refractivity contribution in [3.05, 3.63) is 35.4 Å². The molecule has 1 amide bonds. The van der Waals surface area contributed by atoms with Gasteiger partial charge >= 0.3 is 0 Å². The van der Waals surface area contributed by atoms with Crippen LogP contribution in [-0.4, -0.2) is 73.0 Å². The SMILES string of the molecule is C[C@H]1CN(C)CCN1CC1CCN(C(=O)c2ccc(F)c(F)c2)CC1. The van der Waals surface area contributed by atoms with Gasteiger partial charge in [0.1, 0.15) is 0 Å². The minimum absolute atomic E-state index is 0.203. The second kappa shape index (κ2) is 7.79. The highest BCUT2D eigenvalue weighted by Gasteiger charge is 2.28. The number of hydrogen-bond acceptors (Lipinski definition) is 3. The number of hydrogen-bond donors (Lipinski definition) is 0. The summed E-state index contributed by atoms with van der Waals surface area (Å²) < 4.78 is 26.4. The van der Waals surface area contributed by atoms with Gasteiger partial charge in [-0.25, -0.2) is 8.78 Å². The quantitative estimate of drug-likeness (QED) is 0.837. The monoisotopic (exact) mass is 351 g/mol. The zero-order chi connectivity index (χ0) is 18.0. The van der Waals surface area contributed by atoms with Crippen LogP contribution in [0.15, 0.2) is 18.2 Å². The maximum Gasteiger partial charge on any atom is 0.253 e. The lowest BCUT2D eigenvalue weighted by Crippen LogP contribution is -2.52. The first kappa shape index (κ1) is 18.3. The van der Waals surface area contributed by atoms with Gasteiger partial charge in [0.2, 0.25) is 0 Å². The zero-order valence-corrected chi connectivity index (χ0v) is 15.0. The summed E-state index contributed by atoms with van der Waals surface area (Å²) >= 11 is 0. The van der Waals surface area contributed by atoms with Crippen LogP contribution in [0.1, 0.15) is 30.1 Å². The van der Waals surface area contributed by atoms with Crippen LogP contribution in [0.4, 0.5) is 8.78 Å². The molecule has 0 bridgehead atoms. The predicted octanol–water partition coefficient (Wildman–Crippen LogP) is 2.45. The Balaban J connectivity index is 1.51. The summed E-state index contributed by atoms with van der Waals surface area (Å²) in [5.74, 6) is -1.49. The second-order valence-corrected chi connectivity index (χ2v) is 7.47. The third-order valence-corrected chi connectivity index (χ3v) is 5.53. The van der Waals surface area contributed by atoms with Crippen molar-refractivity contribution in [1.29, 1.82) is 0 Å². The van der Waals surface area contributed by atoms with Crippen molar-refractivity contribution in [1.82, 2.24) is 14.7 Å². The van der Waals surface area contributed by atoms with Crippen LogP contribution in [0.2, 0.25) is 0 Å². The molecule has 2 fully saturated rings. The molecule has 2 heterocycles. The van der Waals surface area contributed by atoms with Crippen molar-refractivity contribution in [3.63, 3.8) is 0 Å². The summed E-state index contributed by atoms with van der Waals surface area (Å²) in [6.07, 6.45) is 1.93. The van der Waals surface area contributed by atoms with Gasteiger partial charge in [0.05, 0.1) is 0 Å². The molecule has 0 aliphatic carbocycles. The van der Waals surface area contributed by atoms with Crippen LogP contribution in [-0.2, 0) is 0 Å². The Morgan fingerprint density at radius 3 is 2.48 bits per heavy atom. The van der Waals surface area contributed by atoms with E-state index in [9.17, 15) is 13.6 Å². The highest BCUT2D eigenvalue weighted by Crippen LogP contribution is 2.22. The van der Waals surface area contributed by atoms with Gasteiger partial charge in [0, 0.05) is 50.9 Å². The Kier molecular flexibility index (Phi) is 5.69. The molecular weight excluding hydrogens is 324 g/mol. The van der Waals surface area contributed by atoms with Crippen LogP contribution >= 0.6 is 0 Å². The number of carbonyl (C=O) groups is 1. The first-order chi connectivity index (χ1) is 11.9. The van der Waals surface area contributed by atoms with E-state index in [2.05, 4.69) is 23.8 Å². The molecule has 1 aromatic carbocycles. The molecule has 3 rings (SSSR count). The van der Waals surface area contributed by atoms with E-state index in [0.29, 0.717) is 25.0 Å². The third-order valence-electron chi connectivity index (χ3n) is 5.53. The van der Waals surface area contributed by atoms with Gasteiger partial charge in [-0.2, -0.15) is 0 Å². The number of amides is 1. The van der Waals surface area contributed by atoms with Gasteiger partial charge in [0.15, 0.2) is 11.6 Å². The lowest BCUT2D eigenvalue weighted by molar-refractivity contribution is 0.0556. The number of carbonyl (C=O) groups excluding carboxylic acids is 1. The number of nitrogens with zero attached hydrogens (tertiary/aromatic N) is 3. The van der Waals surface area contributed by atoms with E-state index in [0.717, 1.165) is 51.2 Å². The van der Waals surface area contributed by atoms with Crippen molar-refractivity contribution >= 4 is 5.91 Å². The molecule has 2 saturated heterocycles. The highest BCUT2D eigenvalue weighted by atomic mass is 19.2. The fourth-order valence-corrected chi connectivity index (χ4v) is 3.91. The first-order valence-corrected chi connectivity index (χ1v) is 9.11. The summed E-state index contributed by atoms with van der Waals surface area (Å²) in [4.78, 5) is 19.1. The van der Waals surface area contributed by atoms with E-state index < -0.39 is 11.6 Å². The van der Waals surface area contributed by atoms with E-state index >= 15 is 0 Å². The molecule has 0 unspecified atom stereocenters. The Bertz CT molecular complexity index is 617. The smallest absolute Gasteiger partial charge is 0.253 e. The molecule has 25 heavy (non-hydrogen) atoms. The van der Waals surface area contributed by atoms with Crippen molar-refractivity contribution in [2.24, 2.45) is 5.92 Å². The Morgan fingerprint density at radius 2 is 1.84 bits per heavy atom. The van der Waals surface area contributed by atoms with Gasteiger partial charge in [-0.05, 0) is 50.9 Å². The molecule has 0 saturated carbocycles. The van der Waals surface area contributed by atoms with Crippen molar-refractivity contribution < 1.29 is 13.6 Å². The summed E-state index contributed by atoms with van der Waals surface area (Å²) in [5.41, 5.74) is 0.227. The van der Waals surface area contributed by atoms with Crippen molar-refractivity contribution in [2.45, 2.75) is 25.8 Å². The number of piperazine rings is 1. The molecule has 0 spiro atoms. The molecule has 4 nitrogen and oxygen atoms in total. The normalized spacial score (nSPS) is 23.8. The van der Waals surface area contributed by atoms with E-state index in [1.165, 1.54) is 6.07 Å². The number of piperidine rings is 1. The number of benzene rings is 1.